The van der Waals surface area contributed by atoms with E-state index >= 15 is 0 Å². The molecule has 1 unspecified atom stereocenters. The molecule has 0 saturated carbocycles. The van der Waals surface area contributed by atoms with Crippen molar-refractivity contribution in [2.24, 2.45) is 5.92 Å². The van der Waals surface area contributed by atoms with Gasteiger partial charge >= 0.3 is 7.82 Å². The normalized spacial score (nSPS) is 15.6. The van der Waals surface area contributed by atoms with Gasteiger partial charge in [-0.15, -0.1) is 18.8 Å². The summed E-state index contributed by atoms with van der Waals surface area (Å²) in [6.07, 6.45) is 10.2. The molecular weight excluding hydrogens is 203 g/mol. The van der Waals surface area contributed by atoms with E-state index in [0.717, 1.165) is 0 Å². The smallest absolute Gasteiger partial charge is 0.303 e. The summed E-state index contributed by atoms with van der Waals surface area (Å²) >= 11 is 0. The van der Waals surface area contributed by atoms with Crippen molar-refractivity contribution in [3.63, 3.8) is 0 Å². The Morgan fingerprint density at radius 1 is 1.50 bits per heavy atom. The Hall–Kier alpha value is -0.770. The van der Waals surface area contributed by atoms with E-state index in [1.54, 1.807) is 13.8 Å². The molecule has 0 heterocycles. The molecule has 0 fully saturated rings. The second kappa shape index (κ2) is 4.64. The second-order valence-electron chi connectivity index (χ2n) is 3.15. The molecule has 0 spiro atoms. The van der Waals surface area contributed by atoms with Crippen LogP contribution in [0.15, 0.2) is 0 Å². The summed E-state index contributed by atoms with van der Waals surface area (Å²) in [6.45, 7) is 3.37. The molecule has 0 aliphatic carbocycles. The molecular formula is C9H13O4P. The fourth-order valence-electron chi connectivity index (χ4n) is 0.950. The highest BCUT2D eigenvalue weighted by Crippen LogP contribution is 2.45. The third-order valence-electron chi connectivity index (χ3n) is 1.82. The Bertz CT molecular complexity index is 317. The van der Waals surface area contributed by atoms with Crippen LogP contribution in [0.25, 0.3) is 0 Å². The maximum absolute atomic E-state index is 10.7. The van der Waals surface area contributed by atoms with Crippen LogP contribution in [0, 0.1) is 30.6 Å². The summed E-state index contributed by atoms with van der Waals surface area (Å²) in [7, 11) is -4.63. The van der Waals surface area contributed by atoms with Crippen LogP contribution in [0.3, 0.4) is 0 Å². The third kappa shape index (κ3) is 3.54. The first-order valence-electron chi connectivity index (χ1n) is 3.95. The maximum atomic E-state index is 10.7. The van der Waals surface area contributed by atoms with E-state index in [1.165, 1.54) is 0 Å². The highest BCUT2D eigenvalue weighted by Gasteiger charge is 2.38. The predicted octanol–water partition coefficient (Wildman–Crippen LogP) is 1.15. The molecule has 0 amide bonds. The lowest BCUT2D eigenvalue weighted by atomic mass is 9.88. The van der Waals surface area contributed by atoms with Crippen LogP contribution in [0.1, 0.15) is 20.3 Å². The molecule has 0 bridgehead atoms. The minimum Gasteiger partial charge on any atom is -0.303 e. The van der Waals surface area contributed by atoms with Crippen molar-refractivity contribution in [3.8, 4) is 24.7 Å². The lowest BCUT2D eigenvalue weighted by Gasteiger charge is -2.30. The molecule has 78 valence electrons. The van der Waals surface area contributed by atoms with Gasteiger partial charge in [-0.3, -0.25) is 4.52 Å². The molecule has 14 heavy (non-hydrogen) atoms. The van der Waals surface area contributed by atoms with Crippen LogP contribution in [0.4, 0.5) is 0 Å². The van der Waals surface area contributed by atoms with Crippen molar-refractivity contribution < 1.29 is 18.9 Å². The first-order valence-corrected chi connectivity index (χ1v) is 5.48. The van der Waals surface area contributed by atoms with Gasteiger partial charge in [0.1, 0.15) is 0 Å². The average molecular weight is 216 g/mol. The number of hydrogen-bond donors (Lipinski definition) is 2. The largest absolute Gasteiger partial charge is 0.471 e. The van der Waals surface area contributed by atoms with Gasteiger partial charge in [-0.2, -0.15) is 0 Å². The van der Waals surface area contributed by atoms with Gasteiger partial charge in [-0.05, 0) is 5.92 Å². The van der Waals surface area contributed by atoms with Crippen molar-refractivity contribution in [2.75, 3.05) is 0 Å². The van der Waals surface area contributed by atoms with Crippen LogP contribution in [0.5, 0.6) is 0 Å². The van der Waals surface area contributed by atoms with Crippen LogP contribution in [-0.4, -0.2) is 15.4 Å². The lowest BCUT2D eigenvalue weighted by Crippen LogP contribution is -2.35. The molecule has 5 heteroatoms. The topological polar surface area (TPSA) is 66.8 Å². The molecule has 0 aromatic rings. The molecule has 0 aliphatic heterocycles. The van der Waals surface area contributed by atoms with Crippen LogP contribution >= 0.6 is 7.82 Å². The average Bonchev–Trinajstić information content (AvgIpc) is 2.00. The minimum absolute atomic E-state index is 0.0354. The van der Waals surface area contributed by atoms with Gasteiger partial charge in [0.2, 0.25) is 0 Å². The Morgan fingerprint density at radius 3 is 2.21 bits per heavy atom. The van der Waals surface area contributed by atoms with Gasteiger partial charge in [0.05, 0.1) is 6.42 Å². The zero-order valence-electron chi connectivity index (χ0n) is 8.10. The molecule has 0 aromatic heterocycles. The molecule has 4 nitrogen and oxygen atoms in total. The number of hydrogen-bond acceptors (Lipinski definition) is 2. The molecule has 1 atom stereocenters. The fraction of sp³-hybridized carbons (Fsp3) is 0.556. The Morgan fingerprint density at radius 2 is 2.00 bits per heavy atom. The van der Waals surface area contributed by atoms with Crippen molar-refractivity contribution in [1.82, 2.24) is 0 Å². The zero-order valence-corrected chi connectivity index (χ0v) is 8.99. The maximum Gasteiger partial charge on any atom is 0.471 e. The highest BCUT2D eigenvalue weighted by molar-refractivity contribution is 7.46. The molecule has 0 aliphatic rings. The van der Waals surface area contributed by atoms with E-state index in [4.69, 9.17) is 22.6 Å². The van der Waals surface area contributed by atoms with Gasteiger partial charge < -0.3 is 9.79 Å². The Labute approximate surface area is 83.9 Å². The van der Waals surface area contributed by atoms with E-state index in [1.807, 2.05) is 0 Å². The Balaban J connectivity index is 5.01. The lowest BCUT2D eigenvalue weighted by molar-refractivity contribution is 0.0483. The monoisotopic (exact) mass is 216 g/mol. The van der Waals surface area contributed by atoms with Gasteiger partial charge in [-0.1, -0.05) is 19.8 Å². The number of terminal acetylenes is 2. The fourth-order valence-corrected chi connectivity index (χ4v) is 1.70. The van der Waals surface area contributed by atoms with Crippen molar-refractivity contribution in [3.05, 3.63) is 0 Å². The van der Waals surface area contributed by atoms with Crippen LogP contribution in [-0.2, 0) is 9.09 Å². The van der Waals surface area contributed by atoms with Crippen LogP contribution < -0.4 is 0 Å². The summed E-state index contributed by atoms with van der Waals surface area (Å²) < 4.78 is 15.3. The third-order valence-corrected chi connectivity index (χ3v) is 2.39. The summed E-state index contributed by atoms with van der Waals surface area (Å²) in [6, 6.07) is 0. The van der Waals surface area contributed by atoms with E-state index < -0.39 is 13.4 Å². The zero-order chi connectivity index (χ0) is 11.4. The first-order chi connectivity index (χ1) is 6.27. The SMILES string of the molecule is C#CCC(C#C)(OP(=O)(O)O)C(C)C. The van der Waals surface area contributed by atoms with Gasteiger partial charge in [0.25, 0.3) is 0 Å². The first kappa shape index (κ1) is 13.2. The van der Waals surface area contributed by atoms with E-state index in [9.17, 15) is 4.57 Å². The predicted molar refractivity (Wildman–Crippen MR) is 53.0 cm³/mol. The second-order valence-corrected chi connectivity index (χ2v) is 4.32. The van der Waals surface area contributed by atoms with Crippen molar-refractivity contribution >= 4 is 7.82 Å². The molecule has 0 aromatic carbocycles. The molecule has 0 rings (SSSR count). The minimum atomic E-state index is -4.63. The summed E-state index contributed by atoms with van der Waals surface area (Å²) in [4.78, 5) is 17.4. The number of phosphoric acid groups is 1. The molecule has 0 radical (unpaired) electrons. The summed E-state index contributed by atoms with van der Waals surface area (Å²) in [5.41, 5.74) is -1.40. The number of rotatable bonds is 4. The van der Waals surface area contributed by atoms with Crippen molar-refractivity contribution in [2.45, 2.75) is 25.9 Å². The Kier molecular flexibility index (Phi) is 4.39. The van der Waals surface area contributed by atoms with Gasteiger partial charge in [-0.25, -0.2) is 4.57 Å². The highest BCUT2D eigenvalue weighted by atomic mass is 31.2. The van der Waals surface area contributed by atoms with Gasteiger partial charge in [0.15, 0.2) is 5.60 Å². The van der Waals surface area contributed by atoms with E-state index in [0.29, 0.717) is 0 Å². The van der Waals surface area contributed by atoms with Crippen LogP contribution in [0.2, 0.25) is 0 Å². The van der Waals surface area contributed by atoms with Gasteiger partial charge in [0, 0.05) is 0 Å². The molecule has 2 N–H and O–H groups in total. The van der Waals surface area contributed by atoms with E-state index in [-0.39, 0.29) is 12.3 Å². The summed E-state index contributed by atoms with van der Waals surface area (Å²) in [5.74, 6) is 4.19. The summed E-state index contributed by atoms with van der Waals surface area (Å²) in [5, 5.41) is 0. The van der Waals surface area contributed by atoms with Crippen molar-refractivity contribution in [1.29, 1.82) is 0 Å². The van der Waals surface area contributed by atoms with E-state index in [2.05, 4.69) is 16.4 Å². The molecule has 0 saturated heterocycles. The standard InChI is InChI=1S/C9H13O4P/c1-5-7-9(6-2,8(3)4)13-14(10,11)12/h1-2,8H,7H2,3-4H3,(H2,10,11,12). The quantitative estimate of drug-likeness (QED) is 0.546. The number of phosphoric ester groups is 1.